The van der Waals surface area contributed by atoms with Crippen LogP contribution in [0, 0.1) is 16.7 Å². The molecule has 4 unspecified atom stereocenters. The molecule has 2 bridgehead atoms. The lowest BCUT2D eigenvalue weighted by Gasteiger charge is -2.39. The molecule has 2 rings (SSSR count). The second-order valence-corrected chi connectivity index (χ2v) is 6.28. The molecule has 0 aliphatic heterocycles. The highest BCUT2D eigenvalue weighted by atomic mass is 16.5. The molecule has 2 aliphatic rings. The highest BCUT2D eigenvalue weighted by Crippen LogP contribution is 2.66. The summed E-state index contributed by atoms with van der Waals surface area (Å²) in [4.78, 5) is 0. The first-order chi connectivity index (χ1) is 6.88. The molecule has 0 radical (unpaired) electrons. The van der Waals surface area contributed by atoms with Gasteiger partial charge in [-0.15, -0.1) is 0 Å². The van der Waals surface area contributed by atoms with Gasteiger partial charge in [-0.1, -0.05) is 20.8 Å². The normalized spacial score (nSPS) is 44.6. The van der Waals surface area contributed by atoms with Crippen LogP contribution in [0.15, 0.2) is 0 Å². The Morgan fingerprint density at radius 2 is 2.07 bits per heavy atom. The third-order valence-electron chi connectivity index (χ3n) is 5.25. The highest BCUT2D eigenvalue weighted by molar-refractivity contribution is 5.11. The minimum absolute atomic E-state index is 0.326. The van der Waals surface area contributed by atoms with Crippen molar-refractivity contribution in [3.63, 3.8) is 0 Å². The summed E-state index contributed by atoms with van der Waals surface area (Å²) in [5.74, 6) is 0.821. The maximum absolute atomic E-state index is 9.27. The van der Waals surface area contributed by atoms with Crippen LogP contribution in [-0.2, 0) is 4.74 Å². The number of rotatable bonds is 3. The fourth-order valence-electron chi connectivity index (χ4n) is 3.64. The molecule has 0 aromatic carbocycles. The lowest BCUT2D eigenvalue weighted by atomic mass is 9.70. The Bertz CT molecular complexity index is 247. The van der Waals surface area contributed by atoms with Gasteiger partial charge in [-0.3, -0.25) is 0 Å². The monoisotopic (exact) mass is 212 g/mol. The smallest absolute Gasteiger partial charge is 0.0745 e. The number of aliphatic hydroxyl groups is 1. The Hall–Kier alpha value is -0.0800. The van der Waals surface area contributed by atoms with Gasteiger partial charge in [-0.05, 0) is 42.9 Å². The molecule has 0 aromatic rings. The maximum Gasteiger partial charge on any atom is 0.0745 e. The van der Waals surface area contributed by atoms with Crippen LogP contribution in [0.25, 0.3) is 0 Å². The Labute approximate surface area is 93.0 Å². The molecule has 0 spiro atoms. The standard InChI is InChI=1S/C13H24O2/c1-9(14)8-15-11-7-10-5-6-13(11,4)12(10,2)3/h9-11,14H,5-8H2,1-4H3. The first-order valence-electron chi connectivity index (χ1n) is 6.17. The van der Waals surface area contributed by atoms with Crippen molar-refractivity contribution in [2.24, 2.45) is 16.7 Å². The molecule has 2 aliphatic carbocycles. The molecule has 1 N–H and O–H groups in total. The third-order valence-corrected chi connectivity index (χ3v) is 5.25. The summed E-state index contributed by atoms with van der Waals surface area (Å²) in [5.41, 5.74) is 0.739. The number of aliphatic hydroxyl groups excluding tert-OH is 1. The van der Waals surface area contributed by atoms with Crippen molar-refractivity contribution in [2.45, 2.75) is 59.2 Å². The summed E-state index contributed by atoms with van der Waals surface area (Å²) in [6.45, 7) is 9.42. The molecule has 2 nitrogen and oxygen atoms in total. The Morgan fingerprint density at radius 1 is 1.40 bits per heavy atom. The van der Waals surface area contributed by atoms with E-state index in [2.05, 4.69) is 20.8 Å². The van der Waals surface area contributed by atoms with Gasteiger partial charge in [0.25, 0.3) is 0 Å². The fraction of sp³-hybridized carbons (Fsp3) is 1.00. The Balaban J connectivity index is 2.06. The molecule has 0 amide bonds. The molecular formula is C13H24O2. The van der Waals surface area contributed by atoms with Gasteiger partial charge >= 0.3 is 0 Å². The van der Waals surface area contributed by atoms with Crippen molar-refractivity contribution in [1.82, 2.24) is 0 Å². The average Bonchev–Trinajstić information content (AvgIpc) is 2.46. The van der Waals surface area contributed by atoms with Crippen LogP contribution < -0.4 is 0 Å². The van der Waals surface area contributed by atoms with Crippen LogP contribution in [0.2, 0.25) is 0 Å². The predicted octanol–water partition coefficient (Wildman–Crippen LogP) is 2.60. The molecule has 0 heterocycles. The van der Waals surface area contributed by atoms with E-state index in [4.69, 9.17) is 4.74 Å². The zero-order valence-corrected chi connectivity index (χ0v) is 10.4. The van der Waals surface area contributed by atoms with Gasteiger partial charge in [0.05, 0.1) is 18.8 Å². The van der Waals surface area contributed by atoms with Crippen LogP contribution in [-0.4, -0.2) is 23.9 Å². The Morgan fingerprint density at radius 3 is 2.47 bits per heavy atom. The summed E-state index contributed by atoms with van der Waals surface area (Å²) in [6, 6.07) is 0. The summed E-state index contributed by atoms with van der Waals surface area (Å²) in [7, 11) is 0. The van der Waals surface area contributed by atoms with Crippen LogP contribution >= 0.6 is 0 Å². The first kappa shape index (κ1) is 11.4. The zero-order chi connectivity index (χ0) is 11.3. The molecule has 15 heavy (non-hydrogen) atoms. The van der Waals surface area contributed by atoms with E-state index in [0.717, 1.165) is 5.92 Å². The third kappa shape index (κ3) is 1.53. The number of hydrogen-bond donors (Lipinski definition) is 1. The fourth-order valence-corrected chi connectivity index (χ4v) is 3.64. The van der Waals surface area contributed by atoms with Gasteiger partial charge in [-0.2, -0.15) is 0 Å². The van der Waals surface area contributed by atoms with E-state index in [0.29, 0.717) is 23.5 Å². The van der Waals surface area contributed by atoms with Crippen molar-refractivity contribution in [3.8, 4) is 0 Å². The van der Waals surface area contributed by atoms with Gasteiger partial charge in [0.1, 0.15) is 0 Å². The van der Waals surface area contributed by atoms with E-state index in [9.17, 15) is 5.11 Å². The van der Waals surface area contributed by atoms with Crippen LogP contribution in [0.5, 0.6) is 0 Å². The molecule has 88 valence electrons. The van der Waals surface area contributed by atoms with E-state index >= 15 is 0 Å². The number of hydrogen-bond acceptors (Lipinski definition) is 2. The van der Waals surface area contributed by atoms with E-state index in [1.807, 2.05) is 0 Å². The number of ether oxygens (including phenoxy) is 1. The highest BCUT2D eigenvalue weighted by Gasteiger charge is 2.61. The molecule has 4 atom stereocenters. The summed E-state index contributed by atoms with van der Waals surface area (Å²) < 4.78 is 5.89. The molecule has 2 saturated carbocycles. The van der Waals surface area contributed by atoms with E-state index < -0.39 is 0 Å². The topological polar surface area (TPSA) is 29.5 Å². The summed E-state index contributed by atoms with van der Waals surface area (Å²) in [5, 5.41) is 9.27. The van der Waals surface area contributed by atoms with Gasteiger partial charge in [0.2, 0.25) is 0 Å². The molecule has 2 fully saturated rings. The van der Waals surface area contributed by atoms with Crippen molar-refractivity contribution < 1.29 is 9.84 Å². The van der Waals surface area contributed by atoms with Crippen molar-refractivity contribution >= 4 is 0 Å². The molecule has 0 saturated heterocycles. The first-order valence-corrected chi connectivity index (χ1v) is 6.17. The van der Waals surface area contributed by atoms with Crippen molar-refractivity contribution in [2.75, 3.05) is 6.61 Å². The Kier molecular flexibility index (Phi) is 2.63. The largest absolute Gasteiger partial charge is 0.391 e. The van der Waals surface area contributed by atoms with Crippen LogP contribution in [0.3, 0.4) is 0 Å². The van der Waals surface area contributed by atoms with Gasteiger partial charge in [0, 0.05) is 0 Å². The minimum Gasteiger partial charge on any atom is -0.391 e. The van der Waals surface area contributed by atoms with E-state index in [-0.39, 0.29) is 6.10 Å². The predicted molar refractivity (Wildman–Crippen MR) is 60.6 cm³/mol. The average molecular weight is 212 g/mol. The molecule has 0 aromatic heterocycles. The number of fused-ring (bicyclic) bond motifs is 2. The quantitative estimate of drug-likeness (QED) is 0.779. The molecular weight excluding hydrogens is 188 g/mol. The molecule has 2 heteroatoms. The van der Waals surface area contributed by atoms with Gasteiger partial charge in [0.15, 0.2) is 0 Å². The van der Waals surface area contributed by atoms with Crippen LogP contribution in [0.4, 0.5) is 0 Å². The SMILES string of the molecule is CC(O)COC1CC2CCC1(C)C2(C)C. The zero-order valence-electron chi connectivity index (χ0n) is 10.4. The van der Waals surface area contributed by atoms with Gasteiger partial charge < -0.3 is 9.84 Å². The lowest BCUT2D eigenvalue weighted by molar-refractivity contribution is -0.0714. The van der Waals surface area contributed by atoms with Crippen molar-refractivity contribution in [3.05, 3.63) is 0 Å². The second kappa shape index (κ2) is 3.46. The minimum atomic E-state index is -0.337. The van der Waals surface area contributed by atoms with E-state index in [1.165, 1.54) is 19.3 Å². The van der Waals surface area contributed by atoms with Crippen molar-refractivity contribution in [1.29, 1.82) is 0 Å². The maximum atomic E-state index is 9.27. The van der Waals surface area contributed by atoms with E-state index in [1.54, 1.807) is 6.92 Å². The summed E-state index contributed by atoms with van der Waals surface area (Å²) in [6.07, 6.45) is 3.86. The van der Waals surface area contributed by atoms with Gasteiger partial charge in [-0.25, -0.2) is 0 Å². The second-order valence-electron chi connectivity index (χ2n) is 6.28. The summed E-state index contributed by atoms with van der Waals surface area (Å²) >= 11 is 0. The van der Waals surface area contributed by atoms with Crippen LogP contribution in [0.1, 0.15) is 47.0 Å². The lowest BCUT2D eigenvalue weighted by Crippen LogP contribution is -2.38.